The van der Waals surface area contributed by atoms with Crippen molar-refractivity contribution < 1.29 is 14.6 Å². The van der Waals surface area contributed by atoms with Crippen LogP contribution in [0.15, 0.2) is 23.6 Å². The standard InChI is InChI=1S/C12H10ClNO3S/c1-7-14-8(6-18-7)5-17-9-2-3-11(13)10(4-9)12(15)16/h2-4,6H,5H2,1H3,(H,15,16). The summed E-state index contributed by atoms with van der Waals surface area (Å²) in [5.41, 5.74) is 0.855. The highest BCUT2D eigenvalue weighted by Crippen LogP contribution is 2.23. The number of carboxylic acids is 1. The van der Waals surface area contributed by atoms with Gasteiger partial charge in [0.15, 0.2) is 0 Å². The van der Waals surface area contributed by atoms with Crippen LogP contribution in [0.1, 0.15) is 21.1 Å². The molecular formula is C12H10ClNO3S. The summed E-state index contributed by atoms with van der Waals surface area (Å²) in [6.45, 7) is 2.23. The lowest BCUT2D eigenvalue weighted by atomic mass is 10.2. The number of nitrogens with zero attached hydrogens (tertiary/aromatic N) is 1. The van der Waals surface area contributed by atoms with Gasteiger partial charge in [0.05, 0.1) is 21.3 Å². The van der Waals surface area contributed by atoms with Gasteiger partial charge in [-0.25, -0.2) is 9.78 Å². The maximum atomic E-state index is 10.9. The first kappa shape index (κ1) is 12.9. The van der Waals surface area contributed by atoms with E-state index >= 15 is 0 Å². The first-order valence-electron chi connectivity index (χ1n) is 5.13. The van der Waals surface area contributed by atoms with Crippen molar-refractivity contribution in [3.05, 3.63) is 44.9 Å². The fourth-order valence-corrected chi connectivity index (χ4v) is 2.19. The predicted octanol–water partition coefficient (Wildman–Crippen LogP) is 3.38. The molecule has 18 heavy (non-hydrogen) atoms. The van der Waals surface area contributed by atoms with Crippen LogP contribution in [0.25, 0.3) is 0 Å². The summed E-state index contributed by atoms with van der Waals surface area (Å²) in [5.74, 6) is -0.614. The molecule has 6 heteroatoms. The average molecular weight is 284 g/mol. The molecule has 1 N–H and O–H groups in total. The van der Waals surface area contributed by atoms with E-state index in [1.165, 1.54) is 12.1 Å². The van der Waals surface area contributed by atoms with E-state index in [1.54, 1.807) is 17.4 Å². The molecule has 1 aromatic heterocycles. The highest BCUT2D eigenvalue weighted by atomic mass is 35.5. The number of ether oxygens (including phenoxy) is 1. The maximum absolute atomic E-state index is 10.9. The minimum atomic E-state index is -1.07. The second kappa shape index (κ2) is 5.37. The summed E-state index contributed by atoms with van der Waals surface area (Å²) >= 11 is 7.31. The Kier molecular flexibility index (Phi) is 3.84. The Bertz CT molecular complexity index is 582. The van der Waals surface area contributed by atoms with Gasteiger partial charge in [0, 0.05) is 5.38 Å². The van der Waals surface area contributed by atoms with Crippen molar-refractivity contribution in [2.45, 2.75) is 13.5 Å². The van der Waals surface area contributed by atoms with Gasteiger partial charge in [0.25, 0.3) is 0 Å². The van der Waals surface area contributed by atoms with Crippen LogP contribution in [0.3, 0.4) is 0 Å². The van der Waals surface area contributed by atoms with E-state index in [4.69, 9.17) is 21.4 Å². The number of hydrogen-bond acceptors (Lipinski definition) is 4. The average Bonchev–Trinajstić information content (AvgIpc) is 2.74. The number of carbonyl (C=O) groups is 1. The Morgan fingerprint density at radius 3 is 2.94 bits per heavy atom. The van der Waals surface area contributed by atoms with Gasteiger partial charge >= 0.3 is 5.97 Å². The molecule has 0 spiro atoms. The molecular weight excluding hydrogens is 274 g/mol. The number of halogens is 1. The van der Waals surface area contributed by atoms with E-state index in [-0.39, 0.29) is 10.6 Å². The Balaban J connectivity index is 2.10. The fraction of sp³-hybridized carbons (Fsp3) is 0.167. The van der Waals surface area contributed by atoms with Crippen LogP contribution < -0.4 is 4.74 Å². The van der Waals surface area contributed by atoms with Gasteiger partial charge in [0.2, 0.25) is 0 Å². The smallest absolute Gasteiger partial charge is 0.337 e. The summed E-state index contributed by atoms with van der Waals surface area (Å²) in [6, 6.07) is 4.55. The number of aromatic nitrogens is 1. The maximum Gasteiger partial charge on any atom is 0.337 e. The van der Waals surface area contributed by atoms with Crippen LogP contribution in [0.2, 0.25) is 5.02 Å². The number of carboxylic acid groups (broad SMARTS) is 1. The number of thiazole rings is 1. The SMILES string of the molecule is Cc1nc(COc2ccc(Cl)c(C(=O)O)c2)cs1. The van der Waals surface area contributed by atoms with Crippen molar-refractivity contribution in [3.63, 3.8) is 0 Å². The van der Waals surface area contributed by atoms with Crippen molar-refractivity contribution >= 4 is 28.9 Å². The van der Waals surface area contributed by atoms with Crippen LogP contribution in [-0.4, -0.2) is 16.1 Å². The molecule has 0 saturated carbocycles. The minimum absolute atomic E-state index is 0.0311. The van der Waals surface area contributed by atoms with Gasteiger partial charge in [-0.15, -0.1) is 11.3 Å². The highest BCUT2D eigenvalue weighted by Gasteiger charge is 2.10. The van der Waals surface area contributed by atoms with Crippen LogP contribution in [0, 0.1) is 6.92 Å². The number of rotatable bonds is 4. The van der Waals surface area contributed by atoms with Gasteiger partial charge < -0.3 is 9.84 Å². The molecule has 1 aromatic carbocycles. The molecule has 1 heterocycles. The molecule has 2 rings (SSSR count). The number of aryl methyl sites for hydroxylation is 1. The van der Waals surface area contributed by atoms with Crippen LogP contribution in [-0.2, 0) is 6.61 Å². The summed E-state index contributed by atoms with van der Waals surface area (Å²) in [5, 5.41) is 12.0. The van der Waals surface area contributed by atoms with Crippen molar-refractivity contribution in [3.8, 4) is 5.75 Å². The van der Waals surface area contributed by atoms with Gasteiger partial charge in [0.1, 0.15) is 12.4 Å². The van der Waals surface area contributed by atoms with Gasteiger partial charge in [-0.2, -0.15) is 0 Å². The molecule has 0 bridgehead atoms. The van der Waals surface area contributed by atoms with Gasteiger partial charge in [-0.05, 0) is 25.1 Å². The molecule has 2 aromatic rings. The lowest BCUT2D eigenvalue weighted by Crippen LogP contribution is -2.00. The zero-order valence-electron chi connectivity index (χ0n) is 9.51. The quantitative estimate of drug-likeness (QED) is 0.934. The van der Waals surface area contributed by atoms with Crippen LogP contribution >= 0.6 is 22.9 Å². The predicted molar refractivity (Wildman–Crippen MR) is 69.6 cm³/mol. The Morgan fingerprint density at radius 1 is 1.56 bits per heavy atom. The molecule has 0 saturated heterocycles. The number of aromatic carboxylic acids is 1. The third kappa shape index (κ3) is 3.00. The largest absolute Gasteiger partial charge is 0.487 e. The van der Waals surface area contributed by atoms with E-state index in [2.05, 4.69) is 4.98 Å². The van der Waals surface area contributed by atoms with E-state index in [9.17, 15) is 4.79 Å². The Labute approximate surface area is 113 Å². The summed E-state index contributed by atoms with van der Waals surface area (Å²) in [4.78, 5) is 15.2. The van der Waals surface area contributed by atoms with Crippen LogP contribution in [0.5, 0.6) is 5.75 Å². The normalized spacial score (nSPS) is 10.3. The number of hydrogen-bond donors (Lipinski definition) is 1. The molecule has 0 unspecified atom stereocenters. The third-order valence-electron chi connectivity index (χ3n) is 2.22. The lowest BCUT2D eigenvalue weighted by Gasteiger charge is -2.06. The highest BCUT2D eigenvalue weighted by molar-refractivity contribution is 7.09. The van der Waals surface area contributed by atoms with E-state index in [0.29, 0.717) is 12.4 Å². The van der Waals surface area contributed by atoms with Crippen molar-refractivity contribution in [2.75, 3.05) is 0 Å². The fourth-order valence-electron chi connectivity index (χ4n) is 1.39. The van der Waals surface area contributed by atoms with Gasteiger partial charge in [-0.1, -0.05) is 11.6 Å². The minimum Gasteiger partial charge on any atom is -0.487 e. The van der Waals surface area contributed by atoms with E-state index < -0.39 is 5.97 Å². The third-order valence-corrected chi connectivity index (χ3v) is 3.37. The monoisotopic (exact) mass is 283 g/mol. The molecule has 0 amide bonds. The first-order valence-corrected chi connectivity index (χ1v) is 6.38. The topological polar surface area (TPSA) is 59.4 Å². The molecule has 0 aliphatic carbocycles. The second-order valence-corrected chi connectivity index (χ2v) is 5.06. The van der Waals surface area contributed by atoms with Crippen molar-refractivity contribution in [1.29, 1.82) is 0 Å². The first-order chi connectivity index (χ1) is 8.56. The zero-order chi connectivity index (χ0) is 13.1. The molecule has 0 radical (unpaired) electrons. The molecule has 94 valence electrons. The van der Waals surface area contributed by atoms with Crippen molar-refractivity contribution in [2.24, 2.45) is 0 Å². The Morgan fingerprint density at radius 2 is 2.33 bits per heavy atom. The van der Waals surface area contributed by atoms with E-state index in [1.807, 2.05) is 12.3 Å². The Hall–Kier alpha value is -1.59. The molecule has 0 aliphatic heterocycles. The zero-order valence-corrected chi connectivity index (χ0v) is 11.1. The van der Waals surface area contributed by atoms with Crippen LogP contribution in [0.4, 0.5) is 0 Å². The van der Waals surface area contributed by atoms with Crippen molar-refractivity contribution in [1.82, 2.24) is 4.98 Å². The summed E-state index contributed by atoms with van der Waals surface area (Å²) < 4.78 is 5.47. The molecule has 4 nitrogen and oxygen atoms in total. The second-order valence-electron chi connectivity index (χ2n) is 3.59. The lowest BCUT2D eigenvalue weighted by molar-refractivity contribution is 0.0696. The summed E-state index contributed by atoms with van der Waals surface area (Å²) in [7, 11) is 0. The molecule has 0 aliphatic rings. The summed E-state index contributed by atoms with van der Waals surface area (Å²) in [6.07, 6.45) is 0. The molecule has 0 fully saturated rings. The van der Waals surface area contributed by atoms with Gasteiger partial charge in [-0.3, -0.25) is 0 Å². The molecule has 0 atom stereocenters. The number of benzene rings is 1. The van der Waals surface area contributed by atoms with E-state index in [0.717, 1.165) is 10.7 Å².